The van der Waals surface area contributed by atoms with Crippen molar-refractivity contribution < 1.29 is 50.5 Å². The number of carboxylic acid groups (broad SMARTS) is 1. The summed E-state index contributed by atoms with van der Waals surface area (Å²) >= 11 is 0. The van der Waals surface area contributed by atoms with Crippen molar-refractivity contribution in [3.63, 3.8) is 0 Å². The van der Waals surface area contributed by atoms with Crippen molar-refractivity contribution in [3.8, 4) is 11.6 Å². The topological polar surface area (TPSA) is 149 Å². The van der Waals surface area contributed by atoms with Crippen molar-refractivity contribution >= 4 is 33.5 Å². The number of aliphatic carboxylic acids is 1. The van der Waals surface area contributed by atoms with Gasteiger partial charge in [-0.25, -0.2) is 13.2 Å². The van der Waals surface area contributed by atoms with Crippen LogP contribution in [0.15, 0.2) is 23.1 Å². The van der Waals surface area contributed by atoms with E-state index in [1.54, 1.807) is 4.68 Å². The molecule has 0 spiro atoms. The highest BCUT2D eigenvalue weighted by molar-refractivity contribution is 7.93. The number of hydrogen-bond acceptors (Lipinski definition) is 8. The fraction of sp³-hybridized carbons (Fsp3) is 0.522. The Hall–Kier alpha value is -3.69. The van der Waals surface area contributed by atoms with E-state index in [0.29, 0.717) is 38.9 Å². The van der Waals surface area contributed by atoms with Gasteiger partial charge >= 0.3 is 18.2 Å². The van der Waals surface area contributed by atoms with Crippen LogP contribution in [0.5, 0.6) is 11.6 Å². The van der Waals surface area contributed by atoms with Crippen LogP contribution in [-0.2, 0) is 32.5 Å². The van der Waals surface area contributed by atoms with Crippen molar-refractivity contribution in [2.75, 3.05) is 23.3 Å². The summed E-state index contributed by atoms with van der Waals surface area (Å²) in [5.74, 6) is -1.13. The maximum absolute atomic E-state index is 14.0. The number of ether oxygens (including phenoxy) is 3. The normalized spacial score (nSPS) is 17.2. The number of halogens is 3. The number of nitrogens with zero attached hydrogens (tertiary/aromatic N) is 3. The van der Waals surface area contributed by atoms with Crippen molar-refractivity contribution in [1.82, 2.24) is 9.78 Å². The molecular formula is C23H27F3N4O8S. The predicted octanol–water partition coefficient (Wildman–Crippen LogP) is 3.55. The van der Waals surface area contributed by atoms with Crippen molar-refractivity contribution in [3.05, 3.63) is 23.9 Å². The molecule has 4 rings (SSSR count). The summed E-state index contributed by atoms with van der Waals surface area (Å²) in [6.07, 6.45) is -6.21. The van der Waals surface area contributed by atoms with E-state index in [4.69, 9.17) is 14.6 Å². The van der Waals surface area contributed by atoms with Gasteiger partial charge in [0, 0.05) is 18.7 Å². The lowest BCUT2D eigenvalue weighted by Gasteiger charge is -2.35. The molecule has 16 heteroatoms. The van der Waals surface area contributed by atoms with Gasteiger partial charge in [0.1, 0.15) is 11.9 Å². The zero-order valence-electron chi connectivity index (χ0n) is 21.2. The summed E-state index contributed by atoms with van der Waals surface area (Å²) in [6, 6.07) is 3.84. The molecule has 12 nitrogen and oxygen atoms in total. The number of methoxy groups -OCH3 is 1. The standard InChI is InChI=1S/C23H27F3N4O8S/c1-22(2,23(24,25)26)38-21(33)27-13-6-8-17-16(11-13)30(12-14(37-17)7-9-18(31)32)39(34,35)19-15-5-4-10-29(15)28-20(19)36-3/h6,8,11,14H,4-5,7,9-10,12H2,1-3H3,(H,27,33)(H,31,32). The number of benzene rings is 1. The number of sulfonamides is 1. The average Bonchev–Trinajstić information content (AvgIpc) is 3.42. The summed E-state index contributed by atoms with van der Waals surface area (Å²) in [5.41, 5.74) is -2.40. The largest absolute Gasteiger partial charge is 0.486 e. The van der Waals surface area contributed by atoms with Crippen LogP contribution in [-0.4, -0.2) is 66.9 Å². The SMILES string of the molecule is COc1nn2c(c1S(=O)(=O)N1CC(CCC(=O)O)Oc3ccc(NC(=O)OC(C)(C)C(F)(F)F)cc31)CCC2. The minimum Gasteiger partial charge on any atom is -0.486 e. The highest BCUT2D eigenvalue weighted by Gasteiger charge is 2.51. The lowest BCUT2D eigenvalue weighted by molar-refractivity contribution is -0.242. The third kappa shape index (κ3) is 5.55. The first-order chi connectivity index (χ1) is 18.1. The van der Waals surface area contributed by atoms with Crippen LogP contribution in [0.4, 0.5) is 29.3 Å². The summed E-state index contributed by atoms with van der Waals surface area (Å²) < 4.78 is 85.7. The van der Waals surface area contributed by atoms with Crippen molar-refractivity contribution in [2.24, 2.45) is 0 Å². The van der Waals surface area contributed by atoms with Crippen molar-refractivity contribution in [2.45, 2.75) is 68.9 Å². The van der Waals surface area contributed by atoms with E-state index in [0.717, 1.165) is 4.31 Å². The van der Waals surface area contributed by atoms with Gasteiger partial charge in [-0.1, -0.05) is 0 Å². The molecule has 1 amide bonds. The lowest BCUT2D eigenvalue weighted by Crippen LogP contribution is -2.44. The number of hydrogen-bond donors (Lipinski definition) is 2. The Morgan fingerprint density at radius 1 is 1.28 bits per heavy atom. The summed E-state index contributed by atoms with van der Waals surface area (Å²) in [7, 11) is -3.07. The first kappa shape index (κ1) is 28.3. The molecule has 1 aromatic heterocycles. The molecule has 1 atom stereocenters. The van der Waals surface area contributed by atoms with Crippen LogP contribution in [0, 0.1) is 0 Å². The zero-order valence-corrected chi connectivity index (χ0v) is 22.1. The first-order valence-electron chi connectivity index (χ1n) is 11.9. The molecule has 0 bridgehead atoms. The van der Waals surface area contributed by atoms with Gasteiger partial charge < -0.3 is 19.3 Å². The Bertz CT molecular complexity index is 1390. The number of aromatic nitrogens is 2. The molecule has 1 unspecified atom stereocenters. The molecule has 2 N–H and O–H groups in total. The van der Waals surface area contributed by atoms with Crippen LogP contribution in [0.25, 0.3) is 0 Å². The summed E-state index contributed by atoms with van der Waals surface area (Å²) in [6.45, 7) is 1.62. The van der Waals surface area contributed by atoms with Gasteiger partial charge in [0.05, 0.1) is 25.0 Å². The second-order valence-electron chi connectivity index (χ2n) is 9.53. The molecule has 0 saturated heterocycles. The quantitative estimate of drug-likeness (QED) is 0.481. The molecule has 0 fully saturated rings. The Labute approximate surface area is 221 Å². The van der Waals surface area contributed by atoms with Crippen LogP contribution in [0.1, 0.15) is 38.8 Å². The molecule has 214 valence electrons. The zero-order chi connectivity index (χ0) is 28.8. The molecule has 0 radical (unpaired) electrons. The van der Waals surface area contributed by atoms with E-state index in [1.165, 1.54) is 25.3 Å². The van der Waals surface area contributed by atoms with Crippen LogP contribution in [0.3, 0.4) is 0 Å². The van der Waals surface area contributed by atoms with Gasteiger partial charge in [-0.15, -0.1) is 5.10 Å². The summed E-state index contributed by atoms with van der Waals surface area (Å²) in [5, 5.41) is 15.5. The average molecular weight is 577 g/mol. The fourth-order valence-electron chi connectivity index (χ4n) is 4.27. The van der Waals surface area contributed by atoms with E-state index in [1.807, 2.05) is 0 Å². The Morgan fingerprint density at radius 2 is 2.00 bits per heavy atom. The molecule has 2 aromatic rings. The number of carbonyl (C=O) groups excluding carboxylic acids is 1. The number of aryl methyl sites for hydroxylation is 1. The highest BCUT2D eigenvalue weighted by Crippen LogP contribution is 2.43. The molecule has 0 aliphatic carbocycles. The molecule has 3 heterocycles. The molecule has 1 aromatic carbocycles. The number of fused-ring (bicyclic) bond motifs is 2. The number of carboxylic acids is 1. The number of nitrogens with one attached hydrogen (secondary N) is 1. The van der Waals surface area contributed by atoms with Crippen LogP contribution in [0.2, 0.25) is 0 Å². The molecule has 2 aliphatic rings. The Morgan fingerprint density at radius 3 is 2.64 bits per heavy atom. The second kappa shape index (κ2) is 10.1. The number of anilines is 2. The van der Waals surface area contributed by atoms with E-state index in [9.17, 15) is 31.2 Å². The van der Waals surface area contributed by atoms with Gasteiger partial charge in [-0.3, -0.25) is 19.1 Å². The monoisotopic (exact) mass is 576 g/mol. The van der Waals surface area contributed by atoms with E-state index in [2.05, 4.69) is 15.2 Å². The second-order valence-corrected chi connectivity index (χ2v) is 11.3. The Kier molecular flexibility index (Phi) is 7.35. The predicted molar refractivity (Wildman–Crippen MR) is 130 cm³/mol. The van der Waals surface area contributed by atoms with Gasteiger partial charge in [-0.05, 0) is 51.3 Å². The first-order valence-corrected chi connectivity index (χ1v) is 13.3. The summed E-state index contributed by atoms with van der Waals surface area (Å²) in [4.78, 5) is 23.2. The van der Waals surface area contributed by atoms with Crippen molar-refractivity contribution in [1.29, 1.82) is 0 Å². The van der Waals surface area contributed by atoms with E-state index < -0.39 is 40.0 Å². The minimum atomic E-state index is -4.82. The molecule has 0 saturated carbocycles. The van der Waals surface area contributed by atoms with E-state index in [-0.39, 0.29) is 47.3 Å². The lowest BCUT2D eigenvalue weighted by atomic mass is 10.1. The number of carbonyl (C=O) groups is 2. The van der Waals surface area contributed by atoms with Gasteiger partial charge in [-0.2, -0.15) is 13.2 Å². The Balaban J connectivity index is 1.71. The highest BCUT2D eigenvalue weighted by atomic mass is 32.2. The maximum atomic E-state index is 14.0. The number of rotatable bonds is 8. The molecular weight excluding hydrogens is 549 g/mol. The molecule has 2 aliphatic heterocycles. The van der Waals surface area contributed by atoms with Crippen LogP contribution < -0.4 is 19.1 Å². The van der Waals surface area contributed by atoms with Gasteiger partial charge in [0.15, 0.2) is 4.90 Å². The van der Waals surface area contributed by atoms with Crippen LogP contribution >= 0.6 is 0 Å². The maximum Gasteiger partial charge on any atom is 0.427 e. The molecule has 39 heavy (non-hydrogen) atoms. The van der Waals surface area contributed by atoms with Gasteiger partial charge in [0.2, 0.25) is 5.60 Å². The minimum absolute atomic E-state index is 0.00288. The third-order valence-corrected chi connectivity index (χ3v) is 8.20. The van der Waals surface area contributed by atoms with E-state index >= 15 is 0 Å². The smallest absolute Gasteiger partial charge is 0.427 e. The number of amides is 1. The van der Waals surface area contributed by atoms with Gasteiger partial charge in [0.25, 0.3) is 15.9 Å². The number of alkyl halides is 3. The fourth-order valence-corrected chi connectivity index (χ4v) is 6.10. The third-order valence-electron chi connectivity index (χ3n) is 6.35.